The van der Waals surface area contributed by atoms with E-state index in [4.69, 9.17) is 0 Å². The van der Waals surface area contributed by atoms with Gasteiger partial charge in [0.15, 0.2) is 5.82 Å². The number of anilines is 1. The summed E-state index contributed by atoms with van der Waals surface area (Å²) in [5, 5.41) is 4.24. The molecule has 1 fully saturated rings. The van der Waals surface area contributed by atoms with Crippen molar-refractivity contribution in [1.29, 1.82) is 0 Å². The van der Waals surface area contributed by atoms with Gasteiger partial charge in [-0.05, 0) is 13.0 Å². The molecule has 0 unspecified atom stereocenters. The lowest BCUT2D eigenvalue weighted by molar-refractivity contribution is 0.282. The van der Waals surface area contributed by atoms with Gasteiger partial charge in [0, 0.05) is 55.7 Å². The van der Waals surface area contributed by atoms with Crippen LogP contribution >= 0.6 is 15.9 Å². The van der Waals surface area contributed by atoms with Crippen LogP contribution in [0.5, 0.6) is 0 Å². The third-order valence-corrected chi connectivity index (χ3v) is 3.89. The van der Waals surface area contributed by atoms with E-state index in [1.165, 1.54) is 0 Å². The van der Waals surface area contributed by atoms with E-state index in [0.717, 1.165) is 54.7 Å². The average molecular weight is 363 g/mol. The molecule has 1 aliphatic heterocycles. The van der Waals surface area contributed by atoms with Gasteiger partial charge in [-0.25, -0.2) is 14.6 Å². The zero-order chi connectivity index (χ0) is 15.5. The standard InChI is InChI=1S/C15H19BrN6/c1-12(16)11-20-6-8-21(9-7-20)14-10-15(19-13(2)18-14)22-5-3-4-17-22/h3-5,10H,1,6-9,11H2,2H3. The largest absolute Gasteiger partial charge is 0.354 e. The summed E-state index contributed by atoms with van der Waals surface area (Å²) >= 11 is 3.43. The lowest BCUT2D eigenvalue weighted by Crippen LogP contribution is -2.47. The Bertz CT molecular complexity index is 646. The van der Waals surface area contributed by atoms with Gasteiger partial charge in [-0.2, -0.15) is 5.10 Å². The van der Waals surface area contributed by atoms with Gasteiger partial charge in [0.2, 0.25) is 0 Å². The fraction of sp³-hybridized carbons (Fsp3) is 0.400. The molecule has 2 aromatic heterocycles. The predicted octanol–water partition coefficient (Wildman–Crippen LogP) is 2.00. The van der Waals surface area contributed by atoms with Crippen LogP contribution < -0.4 is 4.90 Å². The van der Waals surface area contributed by atoms with Gasteiger partial charge < -0.3 is 4.90 Å². The normalized spacial score (nSPS) is 16.0. The second kappa shape index (κ2) is 6.58. The minimum absolute atomic E-state index is 0.763. The summed E-state index contributed by atoms with van der Waals surface area (Å²) < 4.78 is 2.79. The molecule has 0 aromatic carbocycles. The van der Waals surface area contributed by atoms with E-state index in [-0.39, 0.29) is 0 Å². The fourth-order valence-electron chi connectivity index (χ4n) is 2.60. The van der Waals surface area contributed by atoms with Crippen LogP contribution in [-0.4, -0.2) is 57.4 Å². The lowest BCUT2D eigenvalue weighted by Gasteiger charge is -2.35. The predicted molar refractivity (Wildman–Crippen MR) is 90.6 cm³/mol. The highest BCUT2D eigenvalue weighted by molar-refractivity contribution is 9.11. The molecule has 0 radical (unpaired) electrons. The third kappa shape index (κ3) is 3.53. The Morgan fingerprint density at radius 2 is 1.95 bits per heavy atom. The summed E-state index contributed by atoms with van der Waals surface area (Å²) in [5.41, 5.74) is 0. The molecular formula is C15H19BrN6. The Hall–Kier alpha value is -1.73. The summed E-state index contributed by atoms with van der Waals surface area (Å²) in [5.74, 6) is 2.54. The van der Waals surface area contributed by atoms with Gasteiger partial charge in [-0.3, -0.25) is 4.90 Å². The lowest BCUT2D eigenvalue weighted by atomic mass is 10.3. The van der Waals surface area contributed by atoms with Gasteiger partial charge in [0.05, 0.1) is 0 Å². The molecule has 2 aromatic rings. The zero-order valence-corrected chi connectivity index (χ0v) is 14.2. The van der Waals surface area contributed by atoms with Gasteiger partial charge in [-0.1, -0.05) is 22.5 Å². The highest BCUT2D eigenvalue weighted by Gasteiger charge is 2.19. The van der Waals surface area contributed by atoms with Crippen LogP contribution in [0.2, 0.25) is 0 Å². The van der Waals surface area contributed by atoms with E-state index in [2.05, 4.69) is 47.4 Å². The molecule has 0 spiro atoms. The molecule has 0 saturated carbocycles. The molecule has 1 aliphatic rings. The van der Waals surface area contributed by atoms with Gasteiger partial charge >= 0.3 is 0 Å². The van der Waals surface area contributed by atoms with Gasteiger partial charge in [0.25, 0.3) is 0 Å². The van der Waals surface area contributed by atoms with Crippen LogP contribution in [0, 0.1) is 6.92 Å². The van der Waals surface area contributed by atoms with Crippen molar-refractivity contribution in [2.24, 2.45) is 0 Å². The molecule has 6 nitrogen and oxygen atoms in total. The summed E-state index contributed by atoms with van der Waals surface area (Å²) in [4.78, 5) is 13.7. The maximum Gasteiger partial charge on any atom is 0.159 e. The molecule has 0 amide bonds. The van der Waals surface area contributed by atoms with Crippen molar-refractivity contribution in [3.63, 3.8) is 0 Å². The molecule has 0 atom stereocenters. The smallest absolute Gasteiger partial charge is 0.159 e. The molecule has 0 aliphatic carbocycles. The molecule has 116 valence electrons. The Morgan fingerprint density at radius 1 is 1.23 bits per heavy atom. The number of rotatable bonds is 4. The fourth-order valence-corrected chi connectivity index (χ4v) is 2.95. The first kappa shape index (κ1) is 15.2. The van der Waals surface area contributed by atoms with Crippen LogP contribution in [-0.2, 0) is 0 Å². The quantitative estimate of drug-likeness (QED) is 0.832. The van der Waals surface area contributed by atoms with Crippen molar-refractivity contribution in [3.05, 3.63) is 41.4 Å². The van der Waals surface area contributed by atoms with E-state index in [9.17, 15) is 0 Å². The molecule has 3 rings (SSSR count). The van der Waals surface area contributed by atoms with E-state index in [1.807, 2.05) is 25.3 Å². The average Bonchev–Trinajstić information content (AvgIpc) is 3.01. The van der Waals surface area contributed by atoms with Crippen molar-refractivity contribution < 1.29 is 0 Å². The molecule has 0 N–H and O–H groups in total. The Kier molecular flexibility index (Phi) is 4.54. The molecule has 3 heterocycles. The summed E-state index contributed by atoms with van der Waals surface area (Å²) in [6.45, 7) is 10.6. The Labute approximate surface area is 138 Å². The van der Waals surface area contributed by atoms with Crippen LogP contribution in [0.4, 0.5) is 5.82 Å². The second-order valence-electron chi connectivity index (χ2n) is 5.36. The summed E-state index contributed by atoms with van der Waals surface area (Å²) in [6, 6.07) is 3.89. The van der Waals surface area contributed by atoms with E-state index in [1.54, 1.807) is 10.9 Å². The molecule has 22 heavy (non-hydrogen) atoms. The molecule has 0 bridgehead atoms. The highest BCUT2D eigenvalue weighted by Crippen LogP contribution is 2.17. The molecule has 7 heteroatoms. The maximum atomic E-state index is 4.58. The topological polar surface area (TPSA) is 50.1 Å². The number of nitrogens with zero attached hydrogens (tertiary/aromatic N) is 6. The minimum Gasteiger partial charge on any atom is -0.354 e. The van der Waals surface area contributed by atoms with E-state index in [0.29, 0.717) is 0 Å². The first-order valence-corrected chi connectivity index (χ1v) is 8.07. The number of aryl methyl sites for hydroxylation is 1. The Morgan fingerprint density at radius 3 is 2.59 bits per heavy atom. The molecule has 1 saturated heterocycles. The number of halogens is 1. The number of hydrogen-bond donors (Lipinski definition) is 0. The first-order valence-electron chi connectivity index (χ1n) is 7.28. The van der Waals surface area contributed by atoms with E-state index >= 15 is 0 Å². The third-order valence-electron chi connectivity index (χ3n) is 3.64. The highest BCUT2D eigenvalue weighted by atomic mass is 79.9. The van der Waals surface area contributed by atoms with Crippen molar-refractivity contribution in [3.8, 4) is 5.82 Å². The van der Waals surface area contributed by atoms with Crippen molar-refractivity contribution in [2.75, 3.05) is 37.6 Å². The SMILES string of the molecule is C=C(Br)CN1CCN(c2cc(-n3cccn3)nc(C)n2)CC1. The molecular weight excluding hydrogens is 344 g/mol. The Balaban J connectivity index is 1.74. The first-order chi connectivity index (χ1) is 10.6. The van der Waals surface area contributed by atoms with Crippen molar-refractivity contribution in [1.82, 2.24) is 24.6 Å². The number of piperazine rings is 1. The second-order valence-corrected chi connectivity index (χ2v) is 6.48. The monoisotopic (exact) mass is 362 g/mol. The van der Waals surface area contributed by atoms with Crippen LogP contribution in [0.3, 0.4) is 0 Å². The maximum absolute atomic E-state index is 4.58. The summed E-state index contributed by atoms with van der Waals surface area (Å²) in [7, 11) is 0. The zero-order valence-electron chi connectivity index (χ0n) is 12.6. The van der Waals surface area contributed by atoms with Crippen molar-refractivity contribution in [2.45, 2.75) is 6.92 Å². The van der Waals surface area contributed by atoms with Crippen molar-refractivity contribution >= 4 is 21.7 Å². The van der Waals surface area contributed by atoms with Crippen LogP contribution in [0.25, 0.3) is 5.82 Å². The number of hydrogen-bond acceptors (Lipinski definition) is 5. The minimum atomic E-state index is 0.763. The van der Waals surface area contributed by atoms with Gasteiger partial charge in [0.1, 0.15) is 11.6 Å². The van der Waals surface area contributed by atoms with Crippen LogP contribution in [0.15, 0.2) is 35.6 Å². The number of aromatic nitrogens is 4. The van der Waals surface area contributed by atoms with Gasteiger partial charge in [-0.15, -0.1) is 0 Å². The van der Waals surface area contributed by atoms with Crippen LogP contribution in [0.1, 0.15) is 5.82 Å². The van der Waals surface area contributed by atoms with E-state index < -0.39 is 0 Å². The summed E-state index contributed by atoms with van der Waals surface area (Å²) in [6.07, 6.45) is 3.65.